The van der Waals surface area contributed by atoms with Crippen LogP contribution in [0, 0.1) is 11.6 Å². The van der Waals surface area contributed by atoms with E-state index in [9.17, 15) is 8.78 Å². The van der Waals surface area contributed by atoms with Gasteiger partial charge in [0.25, 0.3) is 0 Å². The normalized spacial score (nSPS) is 10.8. The third kappa shape index (κ3) is 2.48. The topological polar surface area (TPSA) is 52.0 Å². The van der Waals surface area contributed by atoms with Gasteiger partial charge in [-0.05, 0) is 29.8 Å². The second-order valence-corrected chi connectivity index (χ2v) is 4.82. The monoisotopic (exact) mass is 306 g/mol. The summed E-state index contributed by atoms with van der Waals surface area (Å²) >= 11 is 6.11. The van der Waals surface area contributed by atoms with Crippen molar-refractivity contribution in [3.63, 3.8) is 0 Å². The maximum Gasteiger partial charge on any atom is 0.178 e. The fourth-order valence-electron chi connectivity index (χ4n) is 2.11. The Morgan fingerprint density at radius 3 is 2.38 bits per heavy atom. The zero-order chi connectivity index (χ0) is 15.0. The van der Waals surface area contributed by atoms with Crippen molar-refractivity contribution >= 4 is 17.4 Å². The number of nitrogens with two attached hydrogens (primary N) is 1. The molecule has 0 aliphatic carbocycles. The molecule has 0 saturated heterocycles. The van der Waals surface area contributed by atoms with Crippen LogP contribution in [0.25, 0.3) is 22.5 Å². The lowest BCUT2D eigenvalue weighted by Crippen LogP contribution is -1.91. The quantitative estimate of drug-likeness (QED) is 0.757. The van der Waals surface area contributed by atoms with Crippen LogP contribution in [0.4, 0.5) is 14.6 Å². The van der Waals surface area contributed by atoms with E-state index in [2.05, 4.69) is 5.16 Å². The Hall–Kier alpha value is -2.40. The van der Waals surface area contributed by atoms with Crippen LogP contribution in [-0.4, -0.2) is 5.16 Å². The fourth-order valence-corrected chi connectivity index (χ4v) is 2.33. The summed E-state index contributed by atoms with van der Waals surface area (Å²) in [5.74, 6) is -1.12. The summed E-state index contributed by atoms with van der Waals surface area (Å²) in [7, 11) is 0. The molecule has 21 heavy (non-hydrogen) atoms. The number of hydrogen-bond donors (Lipinski definition) is 1. The zero-order valence-electron chi connectivity index (χ0n) is 10.6. The van der Waals surface area contributed by atoms with Crippen LogP contribution in [-0.2, 0) is 0 Å². The molecule has 0 bridgehead atoms. The number of benzene rings is 2. The number of aromatic nitrogens is 1. The number of rotatable bonds is 2. The highest BCUT2D eigenvalue weighted by atomic mass is 35.5. The Kier molecular flexibility index (Phi) is 3.35. The molecule has 6 heteroatoms. The highest BCUT2D eigenvalue weighted by Gasteiger charge is 2.20. The van der Waals surface area contributed by atoms with E-state index in [1.165, 1.54) is 0 Å². The van der Waals surface area contributed by atoms with Crippen LogP contribution in [0.1, 0.15) is 0 Å². The Morgan fingerprint density at radius 1 is 1.05 bits per heavy atom. The van der Waals surface area contributed by atoms with E-state index < -0.39 is 11.6 Å². The van der Waals surface area contributed by atoms with E-state index in [1.54, 1.807) is 24.3 Å². The highest BCUT2D eigenvalue weighted by molar-refractivity contribution is 6.33. The molecule has 0 aliphatic heterocycles. The van der Waals surface area contributed by atoms with Gasteiger partial charge in [-0.3, -0.25) is 0 Å². The number of hydrogen-bond acceptors (Lipinski definition) is 3. The van der Waals surface area contributed by atoms with Gasteiger partial charge in [0.15, 0.2) is 11.6 Å². The van der Waals surface area contributed by atoms with Crippen molar-refractivity contribution in [1.29, 1.82) is 0 Å². The summed E-state index contributed by atoms with van der Waals surface area (Å²) in [6.07, 6.45) is 0. The lowest BCUT2D eigenvalue weighted by molar-refractivity contribution is 0.436. The molecule has 106 valence electrons. The molecule has 2 N–H and O–H groups in total. The van der Waals surface area contributed by atoms with Crippen LogP contribution < -0.4 is 5.73 Å². The molecular formula is C15H9ClF2N2O. The van der Waals surface area contributed by atoms with Gasteiger partial charge in [-0.25, -0.2) is 8.78 Å². The van der Waals surface area contributed by atoms with Crippen LogP contribution in [0.15, 0.2) is 47.0 Å². The second-order valence-electron chi connectivity index (χ2n) is 4.41. The molecular weight excluding hydrogens is 298 g/mol. The van der Waals surface area contributed by atoms with E-state index >= 15 is 0 Å². The molecule has 0 unspecified atom stereocenters. The molecule has 0 atom stereocenters. The van der Waals surface area contributed by atoms with Gasteiger partial charge < -0.3 is 10.3 Å². The van der Waals surface area contributed by atoms with Gasteiger partial charge in [0.1, 0.15) is 11.6 Å². The van der Waals surface area contributed by atoms with Gasteiger partial charge in [-0.2, -0.15) is 0 Å². The first-order chi connectivity index (χ1) is 10.1. The number of nitrogens with zero attached hydrogens (tertiary/aromatic N) is 1. The SMILES string of the molecule is Nc1noc(-c2ccccc2Cl)c1-c1cc(F)cc(F)c1. The summed E-state index contributed by atoms with van der Waals surface area (Å²) in [6, 6.07) is 10.00. The minimum atomic E-state index is -0.712. The van der Waals surface area contributed by atoms with Gasteiger partial charge in [0.2, 0.25) is 0 Å². The van der Waals surface area contributed by atoms with Crippen molar-refractivity contribution in [2.75, 3.05) is 5.73 Å². The van der Waals surface area contributed by atoms with Gasteiger partial charge in [0, 0.05) is 11.6 Å². The van der Waals surface area contributed by atoms with Crippen molar-refractivity contribution in [3.8, 4) is 22.5 Å². The average molecular weight is 307 g/mol. The van der Waals surface area contributed by atoms with E-state index in [1.807, 2.05) is 0 Å². The predicted octanol–water partition coefficient (Wildman–Crippen LogP) is 4.52. The molecule has 3 aromatic rings. The largest absolute Gasteiger partial charge is 0.380 e. The smallest absolute Gasteiger partial charge is 0.178 e. The zero-order valence-corrected chi connectivity index (χ0v) is 11.4. The van der Waals surface area contributed by atoms with Gasteiger partial charge >= 0.3 is 0 Å². The molecule has 0 saturated carbocycles. The van der Waals surface area contributed by atoms with E-state index in [0.29, 0.717) is 16.1 Å². The molecule has 0 amide bonds. The summed E-state index contributed by atoms with van der Waals surface area (Å²) in [5.41, 5.74) is 6.86. The van der Waals surface area contributed by atoms with Crippen molar-refractivity contribution < 1.29 is 13.3 Å². The lowest BCUT2D eigenvalue weighted by Gasteiger charge is -2.05. The number of nitrogen functional groups attached to an aromatic ring is 1. The third-order valence-electron chi connectivity index (χ3n) is 2.99. The van der Waals surface area contributed by atoms with Gasteiger partial charge in [0.05, 0.1) is 10.6 Å². The van der Waals surface area contributed by atoms with Crippen LogP contribution in [0.3, 0.4) is 0 Å². The predicted molar refractivity (Wildman–Crippen MR) is 76.7 cm³/mol. The standard InChI is InChI=1S/C15H9ClF2N2O/c16-12-4-2-1-3-11(12)14-13(15(19)20-21-14)8-5-9(17)7-10(18)6-8/h1-7H,(H2,19,20). The molecule has 3 nitrogen and oxygen atoms in total. The van der Waals surface area contributed by atoms with E-state index in [0.717, 1.165) is 18.2 Å². The molecule has 0 radical (unpaired) electrons. The van der Waals surface area contributed by atoms with Crippen molar-refractivity contribution in [2.45, 2.75) is 0 Å². The van der Waals surface area contributed by atoms with Crippen LogP contribution in [0.5, 0.6) is 0 Å². The number of anilines is 1. The molecule has 0 aliphatic rings. The number of halogens is 3. The molecule has 0 fully saturated rings. The van der Waals surface area contributed by atoms with Crippen LogP contribution in [0.2, 0.25) is 5.02 Å². The lowest BCUT2D eigenvalue weighted by atomic mass is 10.0. The first-order valence-electron chi connectivity index (χ1n) is 6.03. The molecule has 2 aromatic carbocycles. The Balaban J connectivity index is 2.25. The molecule has 1 heterocycles. The third-order valence-corrected chi connectivity index (χ3v) is 3.32. The Bertz CT molecular complexity index is 797. The summed E-state index contributed by atoms with van der Waals surface area (Å²) in [5, 5.41) is 4.09. The summed E-state index contributed by atoms with van der Waals surface area (Å²) in [6.45, 7) is 0. The minimum Gasteiger partial charge on any atom is -0.380 e. The van der Waals surface area contributed by atoms with E-state index in [-0.39, 0.29) is 17.1 Å². The average Bonchev–Trinajstić information content (AvgIpc) is 2.80. The van der Waals surface area contributed by atoms with Crippen LogP contribution >= 0.6 is 11.6 Å². The fraction of sp³-hybridized carbons (Fsp3) is 0. The second kappa shape index (κ2) is 5.18. The van der Waals surface area contributed by atoms with Crippen molar-refractivity contribution in [1.82, 2.24) is 5.16 Å². The summed E-state index contributed by atoms with van der Waals surface area (Å²) in [4.78, 5) is 0. The van der Waals surface area contributed by atoms with Gasteiger partial charge in [-0.1, -0.05) is 28.9 Å². The highest BCUT2D eigenvalue weighted by Crippen LogP contribution is 2.39. The van der Waals surface area contributed by atoms with Gasteiger partial charge in [-0.15, -0.1) is 0 Å². The molecule has 0 spiro atoms. The van der Waals surface area contributed by atoms with Crippen molar-refractivity contribution in [2.24, 2.45) is 0 Å². The first kappa shape index (κ1) is 13.6. The minimum absolute atomic E-state index is 0.0370. The Labute approximate surface area is 123 Å². The molecule has 3 rings (SSSR count). The summed E-state index contributed by atoms with van der Waals surface area (Å²) < 4.78 is 32.0. The van der Waals surface area contributed by atoms with E-state index in [4.69, 9.17) is 21.9 Å². The maximum absolute atomic E-state index is 13.4. The maximum atomic E-state index is 13.4. The molecule has 1 aromatic heterocycles. The van der Waals surface area contributed by atoms with Crippen molar-refractivity contribution in [3.05, 3.63) is 59.1 Å². The first-order valence-corrected chi connectivity index (χ1v) is 6.40. The Morgan fingerprint density at radius 2 is 1.71 bits per heavy atom.